The zero-order valence-corrected chi connectivity index (χ0v) is 12.4. The Morgan fingerprint density at radius 1 is 1.35 bits per heavy atom. The first-order chi connectivity index (χ1) is 9.31. The molecule has 0 spiro atoms. The molecule has 0 aliphatic carbocycles. The number of hydrogen-bond donors (Lipinski definition) is 1. The van der Waals surface area contributed by atoms with Gasteiger partial charge in [0.25, 0.3) is 0 Å². The van der Waals surface area contributed by atoms with Crippen molar-refractivity contribution in [1.82, 2.24) is 0 Å². The number of benzene rings is 1. The average molecular weight is 283 g/mol. The summed E-state index contributed by atoms with van der Waals surface area (Å²) in [5.74, 6) is -0.748. The molecule has 1 rings (SSSR count). The topological polar surface area (TPSA) is 61.5 Å². The molecule has 0 bridgehead atoms. The van der Waals surface area contributed by atoms with Crippen LogP contribution in [0.1, 0.15) is 26.3 Å². The molecule has 112 valence electrons. The van der Waals surface area contributed by atoms with Gasteiger partial charge in [-0.25, -0.2) is 4.39 Å². The summed E-state index contributed by atoms with van der Waals surface area (Å²) in [4.78, 5) is 11.6. The molecule has 0 aliphatic rings. The van der Waals surface area contributed by atoms with Crippen LogP contribution in [0, 0.1) is 18.7 Å². The summed E-state index contributed by atoms with van der Waals surface area (Å²) in [5, 5.41) is 0. The van der Waals surface area contributed by atoms with Crippen molar-refractivity contribution >= 4 is 5.97 Å². The second-order valence-electron chi connectivity index (χ2n) is 5.26. The SMILES string of the molecule is Cc1ccc(O[C@@H](C)COC(=O)[C@@H](N)C(C)C)c(F)c1. The highest BCUT2D eigenvalue weighted by Crippen LogP contribution is 2.19. The summed E-state index contributed by atoms with van der Waals surface area (Å²) in [6.07, 6.45) is -0.449. The largest absolute Gasteiger partial charge is 0.484 e. The summed E-state index contributed by atoms with van der Waals surface area (Å²) in [7, 11) is 0. The van der Waals surface area contributed by atoms with Crippen LogP contribution in [0.4, 0.5) is 4.39 Å². The summed E-state index contributed by atoms with van der Waals surface area (Å²) < 4.78 is 24.0. The van der Waals surface area contributed by atoms with Crippen LogP contribution in [0.2, 0.25) is 0 Å². The number of carbonyl (C=O) groups is 1. The van der Waals surface area contributed by atoms with E-state index in [1.54, 1.807) is 26.0 Å². The van der Waals surface area contributed by atoms with E-state index in [4.69, 9.17) is 15.2 Å². The lowest BCUT2D eigenvalue weighted by Gasteiger charge is -2.18. The van der Waals surface area contributed by atoms with Crippen LogP contribution < -0.4 is 10.5 Å². The predicted octanol–water partition coefficient (Wildman–Crippen LogP) is 2.43. The first-order valence-corrected chi connectivity index (χ1v) is 6.66. The van der Waals surface area contributed by atoms with Gasteiger partial charge in [0.1, 0.15) is 18.8 Å². The molecule has 0 unspecified atom stereocenters. The first-order valence-electron chi connectivity index (χ1n) is 6.66. The monoisotopic (exact) mass is 283 g/mol. The molecule has 1 aromatic carbocycles. The van der Waals surface area contributed by atoms with Crippen LogP contribution in [0.5, 0.6) is 5.75 Å². The standard InChI is InChI=1S/C15H22FNO3/c1-9(2)14(17)15(18)19-8-11(4)20-13-6-5-10(3)7-12(13)16/h5-7,9,11,14H,8,17H2,1-4H3/t11-,14-/m0/s1. The molecule has 2 atom stereocenters. The molecule has 1 aromatic rings. The number of carbonyl (C=O) groups excluding carboxylic acids is 1. The number of hydrogen-bond acceptors (Lipinski definition) is 4. The van der Waals surface area contributed by atoms with Crippen LogP contribution in [-0.4, -0.2) is 24.7 Å². The van der Waals surface area contributed by atoms with Gasteiger partial charge in [-0.15, -0.1) is 0 Å². The van der Waals surface area contributed by atoms with Gasteiger partial charge in [-0.3, -0.25) is 4.79 Å². The first kappa shape index (κ1) is 16.4. The average Bonchev–Trinajstić information content (AvgIpc) is 2.38. The Kier molecular flexibility index (Phi) is 5.95. The number of esters is 1. The van der Waals surface area contributed by atoms with Gasteiger partial charge < -0.3 is 15.2 Å². The minimum Gasteiger partial charge on any atom is -0.484 e. The highest BCUT2D eigenvalue weighted by molar-refractivity contribution is 5.75. The van der Waals surface area contributed by atoms with Crippen LogP contribution >= 0.6 is 0 Å². The van der Waals surface area contributed by atoms with Crippen molar-refractivity contribution < 1.29 is 18.7 Å². The van der Waals surface area contributed by atoms with E-state index in [2.05, 4.69) is 0 Å². The van der Waals surface area contributed by atoms with E-state index in [0.717, 1.165) is 5.56 Å². The van der Waals surface area contributed by atoms with Crippen LogP contribution in [0.3, 0.4) is 0 Å². The Morgan fingerprint density at radius 2 is 2.00 bits per heavy atom. The number of halogens is 1. The molecule has 20 heavy (non-hydrogen) atoms. The lowest BCUT2D eigenvalue weighted by molar-refractivity contribution is -0.148. The number of nitrogens with two attached hydrogens (primary N) is 1. The van der Waals surface area contributed by atoms with Crippen molar-refractivity contribution in [3.63, 3.8) is 0 Å². The van der Waals surface area contributed by atoms with Gasteiger partial charge in [-0.05, 0) is 37.5 Å². The molecule has 4 nitrogen and oxygen atoms in total. The van der Waals surface area contributed by atoms with Gasteiger partial charge in [0.05, 0.1) is 0 Å². The number of aryl methyl sites for hydroxylation is 1. The maximum atomic E-state index is 13.6. The molecule has 0 radical (unpaired) electrons. The maximum absolute atomic E-state index is 13.6. The van der Waals surface area contributed by atoms with Crippen LogP contribution in [-0.2, 0) is 9.53 Å². The van der Waals surface area contributed by atoms with Crippen molar-refractivity contribution in [3.8, 4) is 5.75 Å². The molecule has 0 saturated heterocycles. The molecule has 2 N–H and O–H groups in total. The summed E-state index contributed by atoms with van der Waals surface area (Å²) in [6, 6.07) is 4.05. The molecule has 0 fully saturated rings. The third kappa shape index (κ3) is 4.81. The molecular formula is C15H22FNO3. The molecule has 0 saturated carbocycles. The van der Waals surface area contributed by atoms with Crippen molar-refractivity contribution in [1.29, 1.82) is 0 Å². The van der Waals surface area contributed by atoms with Gasteiger partial charge in [-0.1, -0.05) is 19.9 Å². The lowest BCUT2D eigenvalue weighted by atomic mass is 10.1. The van der Waals surface area contributed by atoms with Crippen molar-refractivity contribution in [3.05, 3.63) is 29.6 Å². The molecule has 0 aliphatic heterocycles. The Hall–Kier alpha value is -1.62. The van der Waals surface area contributed by atoms with Gasteiger partial charge in [0, 0.05) is 0 Å². The lowest BCUT2D eigenvalue weighted by Crippen LogP contribution is -2.38. The Labute approximate surface area is 119 Å². The predicted molar refractivity (Wildman–Crippen MR) is 75.0 cm³/mol. The quantitative estimate of drug-likeness (QED) is 0.814. The van der Waals surface area contributed by atoms with E-state index in [1.807, 2.05) is 13.8 Å². The maximum Gasteiger partial charge on any atom is 0.323 e. The van der Waals surface area contributed by atoms with Gasteiger partial charge in [-0.2, -0.15) is 0 Å². The number of rotatable bonds is 6. The molecule has 5 heteroatoms. The molecule has 0 amide bonds. The second kappa shape index (κ2) is 7.24. The van der Waals surface area contributed by atoms with E-state index < -0.39 is 23.9 Å². The fourth-order valence-electron chi connectivity index (χ4n) is 1.52. The third-order valence-electron chi connectivity index (χ3n) is 2.87. The van der Waals surface area contributed by atoms with Crippen LogP contribution in [0.15, 0.2) is 18.2 Å². The molecular weight excluding hydrogens is 261 g/mol. The van der Waals surface area contributed by atoms with Crippen molar-refractivity contribution in [2.24, 2.45) is 11.7 Å². The Balaban J connectivity index is 2.48. The highest BCUT2D eigenvalue weighted by Gasteiger charge is 2.20. The minimum atomic E-state index is -0.654. The van der Waals surface area contributed by atoms with E-state index >= 15 is 0 Å². The smallest absolute Gasteiger partial charge is 0.323 e. The van der Waals surface area contributed by atoms with Gasteiger partial charge in [0.15, 0.2) is 11.6 Å². The second-order valence-corrected chi connectivity index (χ2v) is 5.26. The zero-order valence-electron chi connectivity index (χ0n) is 12.4. The van der Waals surface area contributed by atoms with E-state index in [0.29, 0.717) is 0 Å². The van der Waals surface area contributed by atoms with Gasteiger partial charge in [0.2, 0.25) is 0 Å². The summed E-state index contributed by atoms with van der Waals surface area (Å²) >= 11 is 0. The van der Waals surface area contributed by atoms with Crippen LogP contribution in [0.25, 0.3) is 0 Å². The Bertz CT molecular complexity index is 462. The highest BCUT2D eigenvalue weighted by atomic mass is 19.1. The van der Waals surface area contributed by atoms with E-state index in [-0.39, 0.29) is 18.3 Å². The van der Waals surface area contributed by atoms with Gasteiger partial charge >= 0.3 is 5.97 Å². The minimum absolute atomic E-state index is 0.00766. The normalized spacial score (nSPS) is 13.9. The van der Waals surface area contributed by atoms with E-state index in [1.165, 1.54) is 6.07 Å². The number of ether oxygens (including phenoxy) is 2. The fourth-order valence-corrected chi connectivity index (χ4v) is 1.52. The summed E-state index contributed by atoms with van der Waals surface area (Å²) in [6.45, 7) is 7.21. The zero-order chi connectivity index (χ0) is 15.3. The molecule has 0 aromatic heterocycles. The fraction of sp³-hybridized carbons (Fsp3) is 0.533. The molecule has 0 heterocycles. The summed E-state index contributed by atoms with van der Waals surface area (Å²) in [5.41, 5.74) is 6.48. The third-order valence-corrected chi connectivity index (χ3v) is 2.87. The van der Waals surface area contributed by atoms with E-state index in [9.17, 15) is 9.18 Å². The van der Waals surface area contributed by atoms with Crippen molar-refractivity contribution in [2.45, 2.75) is 39.8 Å². The Morgan fingerprint density at radius 3 is 2.55 bits per heavy atom. The van der Waals surface area contributed by atoms with Crippen molar-refractivity contribution in [2.75, 3.05) is 6.61 Å².